The summed E-state index contributed by atoms with van der Waals surface area (Å²) in [5.74, 6) is 0. The zero-order chi connectivity index (χ0) is 13.3. The van der Waals surface area contributed by atoms with E-state index in [1.807, 2.05) is 7.11 Å². The molecule has 1 unspecified atom stereocenters. The zero-order valence-corrected chi connectivity index (χ0v) is 13.3. The zero-order valence-electron chi connectivity index (χ0n) is 11.8. The second-order valence-corrected chi connectivity index (χ2v) is 7.25. The van der Waals surface area contributed by atoms with Crippen LogP contribution in [0.4, 0.5) is 0 Å². The number of hydrogen-bond donors (Lipinski definition) is 0. The molecule has 0 N–H and O–H groups in total. The average molecular weight is 323 g/mol. The van der Waals surface area contributed by atoms with Crippen LogP contribution in [0.5, 0.6) is 0 Å². The summed E-state index contributed by atoms with van der Waals surface area (Å²) in [6, 6.07) is 7.08. The van der Waals surface area contributed by atoms with Gasteiger partial charge in [-0.2, -0.15) is 0 Å². The number of alkyl halides is 1. The predicted octanol–water partition coefficient (Wildman–Crippen LogP) is 4.96. The minimum atomic E-state index is 0.143. The van der Waals surface area contributed by atoms with E-state index in [4.69, 9.17) is 4.74 Å². The Balaban J connectivity index is 1.74. The second kappa shape index (κ2) is 5.57. The van der Waals surface area contributed by atoms with Gasteiger partial charge in [0.15, 0.2) is 0 Å². The van der Waals surface area contributed by atoms with Gasteiger partial charge in [-0.3, -0.25) is 0 Å². The highest BCUT2D eigenvalue weighted by molar-refractivity contribution is 9.09. The molecule has 0 aromatic heterocycles. The van der Waals surface area contributed by atoms with Gasteiger partial charge >= 0.3 is 0 Å². The Morgan fingerprint density at radius 1 is 1.16 bits per heavy atom. The summed E-state index contributed by atoms with van der Waals surface area (Å²) in [5.41, 5.74) is 4.72. The third kappa shape index (κ3) is 2.75. The van der Waals surface area contributed by atoms with E-state index in [1.165, 1.54) is 50.5 Å². The van der Waals surface area contributed by atoms with Crippen molar-refractivity contribution in [3.63, 3.8) is 0 Å². The van der Waals surface area contributed by atoms with E-state index in [9.17, 15) is 0 Å². The Bertz CT molecular complexity index is 445. The van der Waals surface area contributed by atoms with Crippen LogP contribution in [0, 0.1) is 0 Å². The molecule has 1 atom stereocenters. The Morgan fingerprint density at radius 3 is 2.53 bits per heavy atom. The lowest BCUT2D eigenvalue weighted by Crippen LogP contribution is -2.39. The largest absolute Gasteiger partial charge is 0.378 e. The summed E-state index contributed by atoms with van der Waals surface area (Å²) in [6.45, 7) is 0. The quantitative estimate of drug-likeness (QED) is 0.712. The van der Waals surface area contributed by atoms with Crippen LogP contribution in [0.3, 0.4) is 0 Å². The van der Waals surface area contributed by atoms with Gasteiger partial charge in [-0.25, -0.2) is 0 Å². The lowest BCUT2D eigenvalue weighted by Gasteiger charge is -2.42. The molecule has 1 aromatic carbocycles. The Morgan fingerprint density at radius 2 is 1.89 bits per heavy atom. The fraction of sp³-hybridized carbons (Fsp3) is 0.647. The molecule has 1 nitrogen and oxygen atoms in total. The Hall–Kier alpha value is -0.340. The van der Waals surface area contributed by atoms with Gasteiger partial charge in [0, 0.05) is 11.9 Å². The van der Waals surface area contributed by atoms with Crippen LogP contribution in [-0.2, 0) is 17.6 Å². The summed E-state index contributed by atoms with van der Waals surface area (Å²) in [7, 11) is 1.87. The average Bonchev–Trinajstić information content (AvgIpc) is 2.42. The summed E-state index contributed by atoms with van der Waals surface area (Å²) in [6.07, 6.45) is 10.1. The molecule has 1 fully saturated rings. The molecule has 0 amide bonds. The molecule has 2 aliphatic carbocycles. The highest BCUT2D eigenvalue weighted by atomic mass is 79.9. The minimum absolute atomic E-state index is 0.143. The lowest BCUT2D eigenvalue weighted by molar-refractivity contribution is -0.0773. The molecule has 0 radical (unpaired) electrons. The van der Waals surface area contributed by atoms with Crippen molar-refractivity contribution in [1.29, 1.82) is 0 Å². The topological polar surface area (TPSA) is 9.23 Å². The highest BCUT2D eigenvalue weighted by Crippen LogP contribution is 2.44. The summed E-state index contributed by atoms with van der Waals surface area (Å²) < 4.78 is 5.75. The molecule has 2 heteroatoms. The van der Waals surface area contributed by atoms with Gasteiger partial charge in [0.1, 0.15) is 0 Å². The Kier molecular flexibility index (Phi) is 4.00. The lowest BCUT2D eigenvalue weighted by atomic mass is 9.76. The van der Waals surface area contributed by atoms with Gasteiger partial charge in [-0.05, 0) is 68.1 Å². The fourth-order valence-corrected chi connectivity index (χ4v) is 4.33. The maximum Gasteiger partial charge on any atom is 0.0692 e. The number of aryl methyl sites for hydroxylation is 2. The van der Waals surface area contributed by atoms with E-state index in [1.54, 1.807) is 11.1 Å². The maximum atomic E-state index is 5.75. The first-order valence-electron chi connectivity index (χ1n) is 7.53. The molecule has 0 heterocycles. The summed E-state index contributed by atoms with van der Waals surface area (Å²) in [4.78, 5) is 0.431. The number of ether oxygens (including phenoxy) is 1. The van der Waals surface area contributed by atoms with Gasteiger partial charge in [0.25, 0.3) is 0 Å². The second-order valence-electron chi connectivity index (χ2n) is 6.15. The van der Waals surface area contributed by atoms with E-state index in [0.717, 1.165) is 6.42 Å². The number of methoxy groups -OCH3 is 1. The normalized spacial score (nSPS) is 22.4. The van der Waals surface area contributed by atoms with Gasteiger partial charge in [-0.15, -0.1) is 0 Å². The number of rotatable bonds is 4. The van der Waals surface area contributed by atoms with Crippen molar-refractivity contribution in [2.45, 2.75) is 61.8 Å². The molecular formula is C17H23BrO. The molecule has 19 heavy (non-hydrogen) atoms. The van der Waals surface area contributed by atoms with Crippen molar-refractivity contribution in [2.75, 3.05) is 7.11 Å². The van der Waals surface area contributed by atoms with Crippen molar-refractivity contribution in [3.8, 4) is 0 Å². The van der Waals surface area contributed by atoms with E-state index in [-0.39, 0.29) is 5.60 Å². The molecule has 0 bridgehead atoms. The molecule has 2 aliphatic rings. The van der Waals surface area contributed by atoms with Gasteiger partial charge in [-0.1, -0.05) is 34.1 Å². The standard InChI is InChI=1S/C17H23BrO/c1-19-17(9-4-10-17)12-16(18)15-8-7-13-5-2-3-6-14(13)11-15/h7-8,11,16H,2-6,9-10,12H2,1H3. The highest BCUT2D eigenvalue weighted by Gasteiger charge is 2.38. The molecule has 0 aliphatic heterocycles. The Labute approximate surface area is 124 Å². The number of fused-ring (bicyclic) bond motifs is 1. The minimum Gasteiger partial charge on any atom is -0.378 e. The third-order valence-electron chi connectivity index (χ3n) is 4.98. The van der Waals surface area contributed by atoms with Crippen LogP contribution in [0.25, 0.3) is 0 Å². The van der Waals surface area contributed by atoms with Crippen LogP contribution in [0.1, 0.15) is 60.0 Å². The van der Waals surface area contributed by atoms with Crippen molar-refractivity contribution < 1.29 is 4.74 Å². The molecule has 0 saturated heterocycles. The third-order valence-corrected chi connectivity index (χ3v) is 5.84. The summed E-state index contributed by atoms with van der Waals surface area (Å²) >= 11 is 3.89. The van der Waals surface area contributed by atoms with Crippen LogP contribution in [0.15, 0.2) is 18.2 Å². The van der Waals surface area contributed by atoms with Crippen LogP contribution < -0.4 is 0 Å². The van der Waals surface area contributed by atoms with Crippen molar-refractivity contribution in [2.24, 2.45) is 0 Å². The van der Waals surface area contributed by atoms with E-state index >= 15 is 0 Å². The first-order chi connectivity index (χ1) is 9.22. The number of halogens is 1. The SMILES string of the molecule is COC1(CC(Br)c2ccc3c(c2)CCCC3)CCC1. The molecule has 1 saturated carbocycles. The van der Waals surface area contributed by atoms with Crippen molar-refractivity contribution in [1.82, 2.24) is 0 Å². The summed E-state index contributed by atoms with van der Waals surface area (Å²) in [5, 5.41) is 0. The van der Waals surface area contributed by atoms with Gasteiger partial charge < -0.3 is 4.74 Å². The van der Waals surface area contributed by atoms with E-state index < -0.39 is 0 Å². The first-order valence-corrected chi connectivity index (χ1v) is 8.45. The molecule has 1 aromatic rings. The van der Waals surface area contributed by atoms with Crippen molar-refractivity contribution in [3.05, 3.63) is 34.9 Å². The number of hydrogen-bond acceptors (Lipinski definition) is 1. The predicted molar refractivity (Wildman–Crippen MR) is 83.0 cm³/mol. The van der Waals surface area contributed by atoms with Gasteiger partial charge in [0.05, 0.1) is 5.60 Å². The van der Waals surface area contributed by atoms with E-state index in [2.05, 4.69) is 34.1 Å². The van der Waals surface area contributed by atoms with E-state index in [0.29, 0.717) is 4.83 Å². The van der Waals surface area contributed by atoms with Crippen LogP contribution in [-0.4, -0.2) is 12.7 Å². The monoisotopic (exact) mass is 322 g/mol. The molecule has 0 spiro atoms. The van der Waals surface area contributed by atoms with Crippen molar-refractivity contribution >= 4 is 15.9 Å². The smallest absolute Gasteiger partial charge is 0.0692 e. The molecule has 3 rings (SSSR count). The number of benzene rings is 1. The first kappa shape index (κ1) is 13.6. The van der Waals surface area contributed by atoms with Gasteiger partial charge in [0.2, 0.25) is 0 Å². The maximum absolute atomic E-state index is 5.75. The molecule has 104 valence electrons. The van der Waals surface area contributed by atoms with Crippen LogP contribution >= 0.6 is 15.9 Å². The fourth-order valence-electron chi connectivity index (χ4n) is 3.46. The van der Waals surface area contributed by atoms with Crippen LogP contribution in [0.2, 0.25) is 0 Å². The molecular weight excluding hydrogens is 300 g/mol.